The maximum atomic E-state index is 9.64. The Bertz CT molecular complexity index is 595. The first kappa shape index (κ1) is 14.2. The van der Waals surface area contributed by atoms with Gasteiger partial charge in [-0.15, -0.1) is 0 Å². The lowest BCUT2D eigenvalue weighted by Crippen LogP contribution is -2.47. The van der Waals surface area contributed by atoms with Gasteiger partial charge >= 0.3 is 0 Å². The average molecular weight is 282 g/mol. The normalized spacial score (nSPS) is 17.4. The predicted octanol–water partition coefficient (Wildman–Crippen LogP) is 3.00. The Balaban J connectivity index is 1.72. The topological polar surface area (TPSA) is 45.1 Å². The molecule has 2 N–H and O–H groups in total. The smallest absolute Gasteiger partial charge is 0.0613 e. The summed E-state index contributed by atoms with van der Waals surface area (Å²) in [6.07, 6.45) is 6.08. The molecule has 21 heavy (non-hydrogen) atoms. The minimum Gasteiger partial charge on any atom is -0.394 e. The molecule has 1 aromatic carbocycles. The average Bonchev–Trinajstić information content (AvgIpc) is 3.39. The highest BCUT2D eigenvalue weighted by Gasteiger charge is 2.40. The number of aliphatic hydroxyl groups is 1. The summed E-state index contributed by atoms with van der Waals surface area (Å²) in [5.41, 5.74) is 3.48. The van der Waals surface area contributed by atoms with Crippen molar-refractivity contribution in [3.8, 4) is 11.1 Å². The predicted molar refractivity (Wildman–Crippen MR) is 84.7 cm³/mol. The summed E-state index contributed by atoms with van der Waals surface area (Å²) in [7, 11) is 0. The minimum atomic E-state index is -0.146. The van der Waals surface area contributed by atoms with Crippen LogP contribution in [0.3, 0.4) is 0 Å². The van der Waals surface area contributed by atoms with Gasteiger partial charge in [0, 0.05) is 24.5 Å². The Morgan fingerprint density at radius 2 is 1.95 bits per heavy atom. The van der Waals surface area contributed by atoms with Crippen molar-refractivity contribution in [2.45, 2.75) is 31.8 Å². The Morgan fingerprint density at radius 1 is 1.19 bits per heavy atom. The van der Waals surface area contributed by atoms with Crippen LogP contribution in [-0.2, 0) is 6.54 Å². The fourth-order valence-corrected chi connectivity index (χ4v) is 2.76. The first-order valence-electron chi connectivity index (χ1n) is 7.56. The van der Waals surface area contributed by atoms with Gasteiger partial charge < -0.3 is 10.4 Å². The molecule has 110 valence electrons. The second-order valence-corrected chi connectivity index (χ2v) is 6.14. The number of pyridine rings is 1. The number of aromatic nitrogens is 1. The van der Waals surface area contributed by atoms with E-state index in [4.69, 9.17) is 0 Å². The molecule has 1 aromatic heterocycles. The molecular formula is C18H22N2O. The van der Waals surface area contributed by atoms with Crippen molar-refractivity contribution in [1.82, 2.24) is 10.3 Å². The van der Waals surface area contributed by atoms with E-state index in [1.165, 1.54) is 29.5 Å². The molecule has 0 saturated heterocycles. The molecular weight excluding hydrogens is 260 g/mol. The highest BCUT2D eigenvalue weighted by Crippen LogP contribution is 2.39. The molecule has 1 unspecified atom stereocenters. The number of hydrogen-bond donors (Lipinski definition) is 2. The van der Waals surface area contributed by atoms with E-state index >= 15 is 0 Å². The van der Waals surface area contributed by atoms with Gasteiger partial charge in [-0.25, -0.2) is 0 Å². The van der Waals surface area contributed by atoms with E-state index in [1.54, 1.807) is 0 Å². The molecule has 2 aromatic rings. The fraction of sp³-hybridized carbons (Fsp3) is 0.389. The van der Waals surface area contributed by atoms with E-state index in [0.29, 0.717) is 5.92 Å². The Hall–Kier alpha value is -1.71. The van der Waals surface area contributed by atoms with Gasteiger partial charge in [-0.2, -0.15) is 0 Å². The molecule has 1 saturated carbocycles. The Morgan fingerprint density at radius 3 is 2.62 bits per heavy atom. The molecule has 1 atom stereocenters. The van der Waals surface area contributed by atoms with Gasteiger partial charge in [0.1, 0.15) is 0 Å². The standard InChI is InChI=1S/C18H22N2O/c1-18(13-21,17-5-6-17)20-12-14-3-2-4-16(11-14)15-7-9-19-10-8-15/h2-4,7-11,17,20-21H,5-6,12-13H2,1H3. The first-order valence-corrected chi connectivity index (χ1v) is 7.56. The molecule has 1 heterocycles. The van der Waals surface area contributed by atoms with Crippen LogP contribution >= 0.6 is 0 Å². The van der Waals surface area contributed by atoms with Crippen molar-refractivity contribution in [2.75, 3.05) is 6.61 Å². The van der Waals surface area contributed by atoms with Crippen molar-refractivity contribution < 1.29 is 5.11 Å². The largest absolute Gasteiger partial charge is 0.394 e. The van der Waals surface area contributed by atoms with Crippen molar-refractivity contribution in [2.24, 2.45) is 5.92 Å². The quantitative estimate of drug-likeness (QED) is 0.856. The molecule has 0 spiro atoms. The Kier molecular flexibility index (Phi) is 4.04. The molecule has 1 aliphatic rings. The highest BCUT2D eigenvalue weighted by molar-refractivity contribution is 5.63. The summed E-state index contributed by atoms with van der Waals surface area (Å²) < 4.78 is 0. The molecule has 0 aliphatic heterocycles. The molecule has 3 heteroatoms. The molecule has 3 nitrogen and oxygen atoms in total. The number of hydrogen-bond acceptors (Lipinski definition) is 3. The zero-order valence-corrected chi connectivity index (χ0v) is 12.4. The van der Waals surface area contributed by atoms with Crippen molar-refractivity contribution >= 4 is 0 Å². The number of aliphatic hydroxyl groups excluding tert-OH is 1. The summed E-state index contributed by atoms with van der Waals surface area (Å²) in [6.45, 7) is 3.10. The summed E-state index contributed by atoms with van der Waals surface area (Å²) >= 11 is 0. The lowest BCUT2D eigenvalue weighted by molar-refractivity contribution is 0.153. The number of rotatable bonds is 6. The van der Waals surface area contributed by atoms with E-state index in [0.717, 1.165) is 6.54 Å². The van der Waals surface area contributed by atoms with Crippen LogP contribution in [0.25, 0.3) is 11.1 Å². The zero-order valence-electron chi connectivity index (χ0n) is 12.4. The zero-order chi connectivity index (χ0) is 14.7. The van der Waals surface area contributed by atoms with Crippen LogP contribution in [0.15, 0.2) is 48.8 Å². The van der Waals surface area contributed by atoms with Crippen molar-refractivity contribution in [1.29, 1.82) is 0 Å². The summed E-state index contributed by atoms with van der Waals surface area (Å²) in [6, 6.07) is 12.6. The molecule has 1 aliphatic carbocycles. The van der Waals surface area contributed by atoms with E-state index in [-0.39, 0.29) is 12.1 Å². The van der Waals surface area contributed by atoms with E-state index in [1.807, 2.05) is 24.5 Å². The Labute approximate surface area is 126 Å². The van der Waals surface area contributed by atoms with Crippen LogP contribution in [0.2, 0.25) is 0 Å². The van der Waals surface area contributed by atoms with Gasteiger partial charge in [-0.1, -0.05) is 18.2 Å². The fourth-order valence-electron chi connectivity index (χ4n) is 2.76. The highest BCUT2D eigenvalue weighted by atomic mass is 16.3. The molecule has 3 rings (SSSR count). The van der Waals surface area contributed by atoms with Crippen molar-refractivity contribution in [3.05, 3.63) is 54.4 Å². The van der Waals surface area contributed by atoms with Gasteiger partial charge in [-0.3, -0.25) is 4.98 Å². The third kappa shape index (κ3) is 3.31. The summed E-state index contributed by atoms with van der Waals surface area (Å²) in [4.78, 5) is 4.06. The molecule has 1 fully saturated rings. The maximum absolute atomic E-state index is 9.64. The van der Waals surface area contributed by atoms with Crippen LogP contribution in [0, 0.1) is 5.92 Å². The van der Waals surface area contributed by atoms with Crippen LogP contribution in [0.5, 0.6) is 0 Å². The first-order chi connectivity index (χ1) is 10.2. The van der Waals surface area contributed by atoms with E-state index in [2.05, 4.69) is 41.5 Å². The van der Waals surface area contributed by atoms with Gasteiger partial charge in [-0.05, 0) is 60.6 Å². The minimum absolute atomic E-state index is 0.146. The van der Waals surface area contributed by atoms with E-state index < -0.39 is 0 Å². The van der Waals surface area contributed by atoms with Crippen LogP contribution in [-0.4, -0.2) is 22.2 Å². The second kappa shape index (κ2) is 5.96. The van der Waals surface area contributed by atoms with Crippen LogP contribution < -0.4 is 5.32 Å². The van der Waals surface area contributed by atoms with Gasteiger partial charge in [0.2, 0.25) is 0 Å². The van der Waals surface area contributed by atoms with Crippen molar-refractivity contribution in [3.63, 3.8) is 0 Å². The van der Waals surface area contributed by atoms with Gasteiger partial charge in [0.25, 0.3) is 0 Å². The number of nitrogens with one attached hydrogen (secondary N) is 1. The lowest BCUT2D eigenvalue weighted by Gasteiger charge is -2.29. The van der Waals surface area contributed by atoms with Crippen LogP contribution in [0.4, 0.5) is 0 Å². The summed E-state index contributed by atoms with van der Waals surface area (Å²) in [5.74, 6) is 0.617. The lowest BCUT2D eigenvalue weighted by atomic mass is 9.96. The monoisotopic (exact) mass is 282 g/mol. The van der Waals surface area contributed by atoms with Crippen LogP contribution in [0.1, 0.15) is 25.3 Å². The summed E-state index contributed by atoms with van der Waals surface area (Å²) in [5, 5.41) is 13.2. The van der Waals surface area contributed by atoms with Gasteiger partial charge in [0.15, 0.2) is 0 Å². The SMILES string of the molecule is CC(CO)(NCc1cccc(-c2ccncc2)c1)C1CC1. The second-order valence-electron chi connectivity index (χ2n) is 6.14. The third-order valence-corrected chi connectivity index (χ3v) is 4.44. The van der Waals surface area contributed by atoms with E-state index in [9.17, 15) is 5.11 Å². The number of benzene rings is 1. The molecule has 0 radical (unpaired) electrons. The van der Waals surface area contributed by atoms with Gasteiger partial charge in [0.05, 0.1) is 6.61 Å². The molecule has 0 bridgehead atoms. The molecule has 0 amide bonds. The maximum Gasteiger partial charge on any atom is 0.0613 e. The third-order valence-electron chi connectivity index (χ3n) is 4.44. The number of nitrogens with zero attached hydrogens (tertiary/aromatic N) is 1.